The van der Waals surface area contributed by atoms with Crippen LogP contribution in [0.2, 0.25) is 0 Å². The zero-order valence-corrected chi connectivity index (χ0v) is 41.6. The van der Waals surface area contributed by atoms with E-state index in [0.29, 0.717) is 25.4 Å². The molecule has 2 rings (SSSR count). The van der Waals surface area contributed by atoms with Gasteiger partial charge < -0.3 is 56.8 Å². The highest BCUT2D eigenvalue weighted by atomic mass is 16.8. The maximum Gasteiger partial charge on any atom is 0.305 e. The second-order valence-electron chi connectivity index (χ2n) is 17.5. The van der Waals surface area contributed by atoms with Crippen molar-refractivity contribution in [3.8, 4) is 0 Å². The molecule has 0 amide bonds. The van der Waals surface area contributed by atoms with E-state index in [0.717, 1.165) is 112 Å². The van der Waals surface area contributed by atoms with Gasteiger partial charge in [-0.1, -0.05) is 64.5 Å². The van der Waals surface area contributed by atoms with Crippen LogP contribution < -0.4 is 0 Å². The Morgan fingerprint density at radius 3 is 1.34 bits per heavy atom. The van der Waals surface area contributed by atoms with Crippen LogP contribution in [0.3, 0.4) is 0 Å². The van der Waals surface area contributed by atoms with Crippen molar-refractivity contribution in [2.45, 2.75) is 220 Å². The van der Waals surface area contributed by atoms with Gasteiger partial charge >= 0.3 is 47.8 Å². The third-order valence-corrected chi connectivity index (χ3v) is 10.5. The zero-order chi connectivity index (χ0) is 50.8. The van der Waals surface area contributed by atoms with Crippen LogP contribution in [0, 0.1) is 5.92 Å². The van der Waals surface area contributed by atoms with Gasteiger partial charge in [0.25, 0.3) is 0 Å². The molecule has 0 spiro atoms. The molecule has 0 aromatic heterocycles. The predicted octanol–water partition coefficient (Wildman–Crippen LogP) is 5.84. The molecule has 11 unspecified atom stereocenters. The second-order valence-corrected chi connectivity index (χ2v) is 17.5. The van der Waals surface area contributed by atoms with Crippen molar-refractivity contribution in [3.05, 3.63) is 12.2 Å². The van der Waals surface area contributed by atoms with Gasteiger partial charge in [-0.2, -0.15) is 0 Å². The highest BCUT2D eigenvalue weighted by Gasteiger charge is 2.58. The third kappa shape index (κ3) is 24.1. The molecule has 2 aliphatic heterocycles. The first kappa shape index (κ1) is 59.5. The van der Waals surface area contributed by atoms with Gasteiger partial charge in [0.2, 0.25) is 0 Å². The van der Waals surface area contributed by atoms with E-state index >= 15 is 0 Å². The number of hydrogen-bond donors (Lipinski definition) is 0. The molecule has 2 heterocycles. The van der Waals surface area contributed by atoms with Gasteiger partial charge in [0.15, 0.2) is 49.2 Å². The minimum Gasteiger partial charge on any atom is -0.465 e. The van der Waals surface area contributed by atoms with Crippen LogP contribution in [-0.4, -0.2) is 135 Å². The number of rotatable bonds is 30. The Bertz CT molecular complexity index is 1630. The van der Waals surface area contributed by atoms with Crippen molar-refractivity contribution >= 4 is 47.8 Å². The number of esters is 8. The van der Waals surface area contributed by atoms with Gasteiger partial charge in [-0.05, 0) is 51.4 Å². The third-order valence-electron chi connectivity index (χ3n) is 10.5. The van der Waals surface area contributed by atoms with E-state index in [1.165, 1.54) is 6.92 Å². The van der Waals surface area contributed by atoms with E-state index in [9.17, 15) is 38.4 Å². The van der Waals surface area contributed by atoms with Crippen LogP contribution in [0.1, 0.15) is 153 Å². The average Bonchev–Trinajstić information content (AvgIpc) is 3.23. The monoisotopic (exact) mass is 972 g/mol. The van der Waals surface area contributed by atoms with Crippen molar-refractivity contribution in [2.24, 2.45) is 5.92 Å². The Hall–Kier alpha value is -4.66. The van der Waals surface area contributed by atoms with Crippen molar-refractivity contribution in [1.29, 1.82) is 0 Å². The maximum atomic E-state index is 12.8. The van der Waals surface area contributed by atoms with Crippen molar-refractivity contribution < 1.29 is 95.2 Å². The lowest BCUT2D eigenvalue weighted by atomic mass is 9.96. The minimum absolute atomic E-state index is 0.117. The molecule has 0 N–H and O–H groups in total. The molecule has 388 valence electrons. The van der Waals surface area contributed by atoms with Crippen molar-refractivity contribution in [1.82, 2.24) is 0 Å². The van der Waals surface area contributed by atoms with Gasteiger partial charge in [-0.15, -0.1) is 0 Å². The lowest BCUT2D eigenvalue weighted by Crippen LogP contribution is -2.67. The summed E-state index contributed by atoms with van der Waals surface area (Å²) in [5, 5.41) is 0. The standard InChI is InChI=1S/C48H76O20/c1-29(2)26-59-40(56)25-23-21-19-17-15-13-11-12-14-16-18-20-22-24-30(3)60-47-46(44(64-36(9)54)42(62-34(7)52)38(66-47)27-57-31(4)49)68-48-45(65-37(10)55)43(63-35(8)53)41(61-33(6)51)39(67-48)28-58-32(5)50/h11-12,29-30,38-39,41-48H,13-28H2,1-10H3/b12-11-. The summed E-state index contributed by atoms with van der Waals surface area (Å²) in [5.41, 5.74) is 0. The molecule has 11 atom stereocenters. The van der Waals surface area contributed by atoms with Crippen LogP contribution in [-0.2, 0) is 95.2 Å². The summed E-state index contributed by atoms with van der Waals surface area (Å²) in [5.74, 6) is -5.47. The first-order valence-corrected chi connectivity index (χ1v) is 23.7. The normalized spacial score (nSPS) is 25.2. The molecule has 2 aliphatic rings. The van der Waals surface area contributed by atoms with Gasteiger partial charge in [0.05, 0.1) is 12.7 Å². The molecule has 20 nitrogen and oxygen atoms in total. The fourth-order valence-electron chi connectivity index (χ4n) is 7.55. The SMILES string of the molecule is CC(=O)OCC1OC(OC2C(OC(C)CCCCCC/C=C\CCCCCCCC(=O)OCC(C)C)OC(COC(C)=O)C(OC(C)=O)C2OC(C)=O)C(OC(C)=O)C(OC(C)=O)C1OC(C)=O. The van der Waals surface area contributed by atoms with E-state index in [1.54, 1.807) is 6.92 Å². The van der Waals surface area contributed by atoms with Crippen LogP contribution in [0.5, 0.6) is 0 Å². The number of unbranched alkanes of at least 4 members (excludes halogenated alkanes) is 9. The Balaban J connectivity index is 2.24. The summed E-state index contributed by atoms with van der Waals surface area (Å²) < 4.78 is 69.1. The Kier molecular flexibility index (Phi) is 28.2. The number of carbonyl (C=O) groups is 8. The quantitative estimate of drug-likeness (QED) is 0.0355. The molecule has 0 saturated carbocycles. The number of allylic oxidation sites excluding steroid dienone is 2. The molecule has 0 aromatic carbocycles. The van der Waals surface area contributed by atoms with Gasteiger partial charge in [0.1, 0.15) is 25.4 Å². The van der Waals surface area contributed by atoms with E-state index in [-0.39, 0.29) is 5.97 Å². The summed E-state index contributed by atoms with van der Waals surface area (Å²) in [6, 6.07) is 0. The summed E-state index contributed by atoms with van der Waals surface area (Å²) in [6.45, 7) is 13.0. The van der Waals surface area contributed by atoms with Crippen LogP contribution >= 0.6 is 0 Å². The smallest absolute Gasteiger partial charge is 0.305 e. The maximum absolute atomic E-state index is 12.8. The minimum atomic E-state index is -1.77. The Labute approximate surface area is 400 Å². The van der Waals surface area contributed by atoms with Crippen LogP contribution in [0.25, 0.3) is 0 Å². The highest BCUT2D eigenvalue weighted by Crippen LogP contribution is 2.36. The van der Waals surface area contributed by atoms with Gasteiger partial charge in [-0.25, -0.2) is 0 Å². The lowest BCUT2D eigenvalue weighted by Gasteiger charge is -2.49. The number of hydrogen-bond acceptors (Lipinski definition) is 20. The first-order chi connectivity index (χ1) is 32.2. The van der Waals surface area contributed by atoms with Gasteiger partial charge in [-0.3, -0.25) is 38.4 Å². The molecule has 0 aliphatic carbocycles. The summed E-state index contributed by atoms with van der Waals surface area (Å²) >= 11 is 0. The largest absolute Gasteiger partial charge is 0.465 e. The van der Waals surface area contributed by atoms with Crippen molar-refractivity contribution in [2.75, 3.05) is 19.8 Å². The summed E-state index contributed by atoms with van der Waals surface area (Å²) in [4.78, 5) is 98.4. The summed E-state index contributed by atoms with van der Waals surface area (Å²) in [6.07, 6.45) is 0.370. The van der Waals surface area contributed by atoms with Crippen LogP contribution in [0.4, 0.5) is 0 Å². The highest BCUT2D eigenvalue weighted by molar-refractivity contribution is 5.70. The molecule has 2 saturated heterocycles. The predicted molar refractivity (Wildman–Crippen MR) is 239 cm³/mol. The zero-order valence-electron chi connectivity index (χ0n) is 41.6. The second kappa shape index (κ2) is 32.2. The van der Waals surface area contributed by atoms with Crippen LogP contribution in [0.15, 0.2) is 12.2 Å². The Morgan fingerprint density at radius 2 is 0.868 bits per heavy atom. The fourth-order valence-corrected chi connectivity index (χ4v) is 7.55. The van der Waals surface area contributed by atoms with Crippen molar-refractivity contribution in [3.63, 3.8) is 0 Å². The lowest BCUT2D eigenvalue weighted by molar-refractivity contribution is -0.372. The molecule has 2 fully saturated rings. The average molecular weight is 973 g/mol. The topological polar surface area (TPSA) is 247 Å². The molecular formula is C48H76O20. The molecule has 0 radical (unpaired) electrons. The molecular weight excluding hydrogens is 897 g/mol. The summed E-state index contributed by atoms with van der Waals surface area (Å²) in [7, 11) is 0. The molecule has 68 heavy (non-hydrogen) atoms. The Morgan fingerprint density at radius 1 is 0.456 bits per heavy atom. The number of ether oxygens (including phenoxy) is 12. The fraction of sp³-hybridized carbons (Fsp3) is 0.792. The van der Waals surface area contributed by atoms with Gasteiger partial charge in [0, 0.05) is 54.9 Å². The van der Waals surface area contributed by atoms with E-state index in [2.05, 4.69) is 12.2 Å². The molecule has 20 heteroatoms. The first-order valence-electron chi connectivity index (χ1n) is 23.7. The van der Waals surface area contributed by atoms with E-state index in [1.807, 2.05) is 13.8 Å². The number of carbonyl (C=O) groups excluding carboxylic acids is 8. The molecule has 0 bridgehead atoms. The van der Waals surface area contributed by atoms with E-state index < -0.39 is 123 Å². The molecule has 0 aromatic rings. The van der Waals surface area contributed by atoms with E-state index in [4.69, 9.17) is 56.8 Å².